The van der Waals surface area contributed by atoms with E-state index in [2.05, 4.69) is 28.8 Å². The average molecular weight is 475 g/mol. The number of likely N-dealkylation sites (tertiary alicyclic amines) is 2. The molecule has 3 aromatic rings. The molecule has 1 aromatic carbocycles. The third kappa shape index (κ3) is 5.37. The third-order valence-electron chi connectivity index (χ3n) is 7.11. The molecule has 184 valence electrons. The van der Waals surface area contributed by atoms with Crippen LogP contribution in [0, 0.1) is 6.92 Å². The zero-order chi connectivity index (χ0) is 24.4. The Hall–Kier alpha value is -3.26. The maximum Gasteiger partial charge on any atom is 0.257 e. The number of ether oxygens (including phenoxy) is 1. The molecule has 2 saturated heterocycles. The van der Waals surface area contributed by atoms with Crippen LogP contribution in [0.25, 0.3) is 0 Å². The van der Waals surface area contributed by atoms with Crippen molar-refractivity contribution < 1.29 is 9.53 Å². The second-order valence-corrected chi connectivity index (χ2v) is 9.93. The molecule has 1 atom stereocenters. The van der Waals surface area contributed by atoms with Gasteiger partial charge in [0.25, 0.3) is 5.91 Å². The van der Waals surface area contributed by atoms with E-state index in [9.17, 15) is 4.79 Å². The van der Waals surface area contributed by atoms with Crippen LogP contribution >= 0.6 is 0 Å². The molecule has 0 bridgehead atoms. The van der Waals surface area contributed by atoms with E-state index in [4.69, 9.17) is 9.72 Å². The Morgan fingerprint density at radius 3 is 2.54 bits per heavy atom. The molecule has 0 N–H and O–H groups in total. The van der Waals surface area contributed by atoms with Crippen molar-refractivity contribution in [2.24, 2.45) is 0 Å². The monoisotopic (exact) mass is 474 g/mol. The van der Waals surface area contributed by atoms with Crippen LogP contribution in [0.2, 0.25) is 0 Å². The number of rotatable bonds is 6. The minimum Gasteiger partial charge on any atom is -0.439 e. The average Bonchev–Trinajstić information content (AvgIpc) is 3.54. The molecular formula is C27H34N6O2. The molecule has 0 unspecified atom stereocenters. The molecular weight excluding hydrogens is 440 g/mol. The van der Waals surface area contributed by atoms with Gasteiger partial charge in [0.15, 0.2) is 0 Å². The summed E-state index contributed by atoms with van der Waals surface area (Å²) in [6, 6.07) is 12.4. The fraction of sp³-hybridized carbons (Fsp3) is 0.481. The van der Waals surface area contributed by atoms with Crippen LogP contribution in [0.15, 0.2) is 48.8 Å². The fourth-order valence-corrected chi connectivity index (χ4v) is 5.03. The highest BCUT2D eigenvalue weighted by Gasteiger charge is 2.29. The molecule has 35 heavy (non-hydrogen) atoms. The van der Waals surface area contributed by atoms with Gasteiger partial charge in [0.05, 0.1) is 17.8 Å². The first-order chi connectivity index (χ1) is 17.0. The van der Waals surface area contributed by atoms with E-state index in [0.29, 0.717) is 36.6 Å². The zero-order valence-corrected chi connectivity index (χ0v) is 20.8. The first-order valence-electron chi connectivity index (χ1n) is 12.6. The summed E-state index contributed by atoms with van der Waals surface area (Å²) in [6.45, 7) is 9.86. The van der Waals surface area contributed by atoms with Gasteiger partial charge in [-0.15, -0.1) is 0 Å². The first-order valence-corrected chi connectivity index (χ1v) is 12.6. The van der Waals surface area contributed by atoms with Gasteiger partial charge in [-0.25, -0.2) is 4.98 Å². The largest absolute Gasteiger partial charge is 0.439 e. The van der Waals surface area contributed by atoms with E-state index in [1.807, 2.05) is 59.1 Å². The van der Waals surface area contributed by atoms with Crippen molar-refractivity contribution in [2.75, 3.05) is 26.2 Å². The Labute approximate surface area is 206 Å². The summed E-state index contributed by atoms with van der Waals surface area (Å²) < 4.78 is 7.93. The maximum atomic E-state index is 13.2. The van der Waals surface area contributed by atoms with Gasteiger partial charge in [-0.3, -0.25) is 14.4 Å². The standard InChI is InChI=1S/C27H34N6O2/c1-19(2)32-14-11-23(18-32)33-17-22(16-28-33)27(34)31-12-9-21(10-13-31)26-29-20(3)15-25(30-26)35-24-7-5-4-6-8-24/h4-8,15-17,19,21,23H,9-14,18H2,1-3H3/t23-/m1/s1. The van der Waals surface area contributed by atoms with Crippen LogP contribution in [-0.2, 0) is 0 Å². The van der Waals surface area contributed by atoms with E-state index < -0.39 is 0 Å². The van der Waals surface area contributed by atoms with Gasteiger partial charge < -0.3 is 9.64 Å². The first kappa shape index (κ1) is 23.5. The van der Waals surface area contributed by atoms with E-state index in [-0.39, 0.29) is 11.8 Å². The zero-order valence-electron chi connectivity index (χ0n) is 20.8. The molecule has 8 nitrogen and oxygen atoms in total. The smallest absolute Gasteiger partial charge is 0.257 e. The molecule has 8 heteroatoms. The lowest BCUT2D eigenvalue weighted by Crippen LogP contribution is -2.38. The lowest BCUT2D eigenvalue weighted by Gasteiger charge is -2.31. The number of hydrogen-bond donors (Lipinski definition) is 0. The van der Waals surface area contributed by atoms with Gasteiger partial charge in [0.1, 0.15) is 11.6 Å². The van der Waals surface area contributed by atoms with Crippen LogP contribution in [0.1, 0.15) is 66.9 Å². The number of carbonyl (C=O) groups excluding carboxylic acids is 1. The summed E-state index contributed by atoms with van der Waals surface area (Å²) in [7, 11) is 0. The van der Waals surface area contributed by atoms with Gasteiger partial charge in [-0.05, 0) is 52.2 Å². The summed E-state index contributed by atoms with van der Waals surface area (Å²) in [5.41, 5.74) is 1.56. The number of para-hydroxylation sites is 1. The summed E-state index contributed by atoms with van der Waals surface area (Å²) >= 11 is 0. The normalized spacial score (nSPS) is 19.4. The van der Waals surface area contributed by atoms with Crippen LogP contribution in [0.4, 0.5) is 0 Å². The number of amides is 1. The number of piperidine rings is 1. The van der Waals surface area contributed by atoms with Crippen molar-refractivity contribution >= 4 is 5.91 Å². The van der Waals surface area contributed by atoms with Crippen molar-refractivity contribution in [3.63, 3.8) is 0 Å². The van der Waals surface area contributed by atoms with Crippen molar-refractivity contribution in [1.29, 1.82) is 0 Å². The number of hydrogen-bond acceptors (Lipinski definition) is 6. The molecule has 2 aromatic heterocycles. The minimum atomic E-state index is 0.0617. The molecule has 0 aliphatic carbocycles. The van der Waals surface area contributed by atoms with Crippen LogP contribution in [0.5, 0.6) is 11.6 Å². The molecule has 1 amide bonds. The predicted octanol–water partition coefficient (Wildman–Crippen LogP) is 4.45. The summed E-state index contributed by atoms with van der Waals surface area (Å²) in [5.74, 6) is 2.39. The highest BCUT2D eigenvalue weighted by Crippen LogP contribution is 2.29. The highest BCUT2D eigenvalue weighted by molar-refractivity contribution is 5.93. The Morgan fingerprint density at radius 2 is 1.83 bits per heavy atom. The van der Waals surface area contributed by atoms with Crippen molar-refractivity contribution in [3.8, 4) is 11.6 Å². The Balaban J connectivity index is 1.19. The lowest BCUT2D eigenvalue weighted by molar-refractivity contribution is 0.0710. The van der Waals surface area contributed by atoms with Gasteiger partial charge in [-0.1, -0.05) is 18.2 Å². The van der Waals surface area contributed by atoms with Crippen LogP contribution in [-0.4, -0.2) is 67.7 Å². The fourth-order valence-electron chi connectivity index (χ4n) is 5.03. The molecule has 2 aliphatic heterocycles. The topological polar surface area (TPSA) is 76.4 Å². The summed E-state index contributed by atoms with van der Waals surface area (Å²) in [4.78, 5) is 26.9. The molecule has 4 heterocycles. The van der Waals surface area contributed by atoms with Gasteiger partial charge >= 0.3 is 0 Å². The number of benzene rings is 1. The molecule has 5 rings (SSSR count). The van der Waals surface area contributed by atoms with Gasteiger partial charge in [0.2, 0.25) is 5.88 Å². The molecule has 0 radical (unpaired) electrons. The summed E-state index contributed by atoms with van der Waals surface area (Å²) in [6.07, 6.45) is 6.40. The molecule has 2 fully saturated rings. The maximum absolute atomic E-state index is 13.2. The van der Waals surface area contributed by atoms with E-state index in [1.165, 1.54) is 0 Å². The van der Waals surface area contributed by atoms with E-state index >= 15 is 0 Å². The second kappa shape index (κ2) is 10.2. The van der Waals surface area contributed by atoms with E-state index in [1.54, 1.807) is 6.20 Å². The van der Waals surface area contributed by atoms with Crippen LogP contribution < -0.4 is 4.74 Å². The Morgan fingerprint density at radius 1 is 1.06 bits per heavy atom. The number of aromatic nitrogens is 4. The predicted molar refractivity (Wildman–Crippen MR) is 134 cm³/mol. The lowest BCUT2D eigenvalue weighted by atomic mass is 9.95. The van der Waals surface area contributed by atoms with Gasteiger partial charge in [-0.2, -0.15) is 10.1 Å². The minimum absolute atomic E-state index is 0.0617. The van der Waals surface area contributed by atoms with Crippen molar-refractivity contribution in [3.05, 3.63) is 65.9 Å². The van der Waals surface area contributed by atoms with Crippen molar-refractivity contribution in [2.45, 2.75) is 58.0 Å². The quantitative estimate of drug-likeness (QED) is 0.525. The molecule has 0 spiro atoms. The SMILES string of the molecule is Cc1cc(Oc2ccccc2)nc(C2CCN(C(=O)c3cnn([C@@H]4CCN(C(C)C)C4)c3)CC2)n1. The highest BCUT2D eigenvalue weighted by atomic mass is 16.5. The Bertz CT molecular complexity index is 1150. The van der Waals surface area contributed by atoms with Gasteiger partial charge in [0, 0.05) is 56.1 Å². The summed E-state index contributed by atoms with van der Waals surface area (Å²) in [5, 5.41) is 4.53. The number of aryl methyl sites for hydroxylation is 1. The molecule has 0 saturated carbocycles. The number of carbonyl (C=O) groups is 1. The molecule has 2 aliphatic rings. The second-order valence-electron chi connectivity index (χ2n) is 9.93. The van der Waals surface area contributed by atoms with Crippen molar-refractivity contribution in [1.82, 2.24) is 29.5 Å². The van der Waals surface area contributed by atoms with Crippen LogP contribution in [0.3, 0.4) is 0 Å². The number of nitrogens with zero attached hydrogens (tertiary/aromatic N) is 6. The Kier molecular flexibility index (Phi) is 6.81. The van der Waals surface area contributed by atoms with E-state index in [0.717, 1.165) is 49.6 Å². The third-order valence-corrected chi connectivity index (χ3v) is 7.11.